The summed E-state index contributed by atoms with van der Waals surface area (Å²) in [4.78, 5) is 30.3. The molecule has 0 atom stereocenters. The number of rotatable bonds is 7. The van der Waals surface area contributed by atoms with E-state index in [1.54, 1.807) is 19.1 Å². The fraction of sp³-hybridized carbons (Fsp3) is 0.150. The smallest absolute Gasteiger partial charge is 0.325 e. The molecule has 13 heteroatoms. The summed E-state index contributed by atoms with van der Waals surface area (Å²) in [6.07, 6.45) is -4.55. The SMILES string of the molecule is Cc1ccc(S(=O)(=O)Nc2cc(=O)[nH]c(SCC(=O)Nc3cccc(C(F)(F)F)c3)n2)cc1. The molecular formula is C20H17F3N4O4S2. The van der Waals surface area contributed by atoms with Crippen molar-refractivity contribution in [1.82, 2.24) is 9.97 Å². The number of aromatic nitrogens is 2. The average molecular weight is 499 g/mol. The molecule has 0 aliphatic carbocycles. The minimum Gasteiger partial charge on any atom is -0.325 e. The molecule has 2 aromatic carbocycles. The maximum atomic E-state index is 12.8. The molecule has 0 saturated carbocycles. The fourth-order valence-electron chi connectivity index (χ4n) is 2.57. The van der Waals surface area contributed by atoms with Crippen LogP contribution in [0.1, 0.15) is 11.1 Å². The van der Waals surface area contributed by atoms with E-state index in [4.69, 9.17) is 0 Å². The van der Waals surface area contributed by atoms with Crippen LogP contribution in [0, 0.1) is 6.92 Å². The summed E-state index contributed by atoms with van der Waals surface area (Å²) in [7, 11) is -4.00. The standard InChI is InChI=1S/C20H17F3N4O4S2/c1-12-5-7-15(8-6-12)33(30,31)27-16-10-17(28)26-19(25-16)32-11-18(29)24-14-4-2-3-13(9-14)20(21,22)23/h2-10H,11H2,1H3,(H,24,29)(H2,25,26,27,28). The second-order valence-corrected chi connectivity index (χ2v) is 9.42. The zero-order chi connectivity index (χ0) is 24.2. The summed E-state index contributed by atoms with van der Waals surface area (Å²) in [6.45, 7) is 1.80. The number of carbonyl (C=O) groups excluding carboxylic acids is 1. The summed E-state index contributed by atoms with van der Waals surface area (Å²) in [5, 5.41) is 2.27. The number of H-pyrrole nitrogens is 1. The van der Waals surface area contributed by atoms with Crippen molar-refractivity contribution in [2.75, 3.05) is 15.8 Å². The largest absolute Gasteiger partial charge is 0.416 e. The lowest BCUT2D eigenvalue weighted by molar-refractivity contribution is -0.137. The van der Waals surface area contributed by atoms with Gasteiger partial charge in [-0.15, -0.1) is 0 Å². The van der Waals surface area contributed by atoms with Crippen molar-refractivity contribution >= 4 is 39.2 Å². The lowest BCUT2D eigenvalue weighted by Gasteiger charge is -2.10. The van der Waals surface area contributed by atoms with Gasteiger partial charge >= 0.3 is 6.18 Å². The number of halogens is 3. The summed E-state index contributed by atoms with van der Waals surface area (Å²) in [5.41, 5.74) is -0.748. The Morgan fingerprint density at radius 3 is 2.48 bits per heavy atom. The molecule has 1 aromatic heterocycles. The van der Waals surface area contributed by atoms with Crippen LogP contribution in [-0.4, -0.2) is 30.0 Å². The van der Waals surface area contributed by atoms with Crippen molar-refractivity contribution in [3.8, 4) is 0 Å². The van der Waals surface area contributed by atoms with E-state index in [2.05, 4.69) is 20.0 Å². The van der Waals surface area contributed by atoms with Gasteiger partial charge in [0.1, 0.15) is 5.82 Å². The first kappa shape index (κ1) is 24.3. The minimum atomic E-state index is -4.55. The normalized spacial score (nSPS) is 11.8. The van der Waals surface area contributed by atoms with Crippen LogP contribution in [0.3, 0.4) is 0 Å². The first-order chi connectivity index (χ1) is 15.4. The number of carbonyl (C=O) groups is 1. The molecule has 1 heterocycles. The fourth-order valence-corrected chi connectivity index (χ4v) is 4.24. The average Bonchev–Trinajstić information content (AvgIpc) is 2.71. The van der Waals surface area contributed by atoms with Gasteiger partial charge in [-0.2, -0.15) is 13.2 Å². The highest BCUT2D eigenvalue weighted by molar-refractivity contribution is 7.99. The van der Waals surface area contributed by atoms with Gasteiger partial charge in [0, 0.05) is 11.8 Å². The molecule has 0 unspecified atom stereocenters. The number of anilines is 2. The zero-order valence-electron chi connectivity index (χ0n) is 16.9. The van der Waals surface area contributed by atoms with Crippen molar-refractivity contribution in [3.63, 3.8) is 0 Å². The van der Waals surface area contributed by atoms with Crippen LogP contribution in [0.5, 0.6) is 0 Å². The highest BCUT2D eigenvalue weighted by atomic mass is 32.2. The number of nitrogens with zero attached hydrogens (tertiary/aromatic N) is 1. The number of alkyl halides is 3. The van der Waals surface area contributed by atoms with Gasteiger partial charge < -0.3 is 10.3 Å². The molecule has 33 heavy (non-hydrogen) atoms. The molecule has 0 spiro atoms. The summed E-state index contributed by atoms with van der Waals surface area (Å²) in [6, 6.07) is 11.1. The molecule has 174 valence electrons. The van der Waals surface area contributed by atoms with Gasteiger partial charge in [0.25, 0.3) is 15.6 Å². The molecular weight excluding hydrogens is 481 g/mol. The first-order valence-corrected chi connectivity index (χ1v) is 11.7. The van der Waals surface area contributed by atoms with Crippen LogP contribution in [0.4, 0.5) is 24.7 Å². The lowest BCUT2D eigenvalue weighted by atomic mass is 10.2. The molecule has 3 aromatic rings. The Balaban J connectivity index is 1.67. The van der Waals surface area contributed by atoms with E-state index in [0.29, 0.717) is 0 Å². The maximum absolute atomic E-state index is 12.8. The van der Waals surface area contributed by atoms with Gasteiger partial charge in [-0.1, -0.05) is 35.5 Å². The Labute approximate surface area is 190 Å². The van der Waals surface area contributed by atoms with Gasteiger partial charge in [-0.25, -0.2) is 13.4 Å². The third-order valence-electron chi connectivity index (χ3n) is 4.10. The maximum Gasteiger partial charge on any atom is 0.416 e. The van der Waals surface area contributed by atoms with Crippen LogP contribution in [-0.2, 0) is 21.0 Å². The van der Waals surface area contributed by atoms with E-state index in [1.807, 2.05) is 0 Å². The van der Waals surface area contributed by atoms with Gasteiger partial charge in [0.2, 0.25) is 5.91 Å². The summed E-state index contributed by atoms with van der Waals surface area (Å²) in [5.74, 6) is -1.19. The Kier molecular flexibility index (Phi) is 7.12. The van der Waals surface area contributed by atoms with Gasteiger partial charge in [-0.05, 0) is 37.3 Å². The van der Waals surface area contributed by atoms with Crippen molar-refractivity contribution < 1.29 is 26.4 Å². The topological polar surface area (TPSA) is 121 Å². The van der Waals surface area contributed by atoms with Crippen molar-refractivity contribution in [2.24, 2.45) is 0 Å². The predicted octanol–water partition coefficient (Wildman–Crippen LogP) is 3.63. The molecule has 0 saturated heterocycles. The van der Waals surface area contributed by atoms with E-state index in [-0.39, 0.29) is 27.3 Å². The molecule has 1 amide bonds. The Bertz CT molecular complexity index is 1320. The van der Waals surface area contributed by atoms with Crippen LogP contribution in [0.15, 0.2) is 69.4 Å². The Morgan fingerprint density at radius 2 is 1.82 bits per heavy atom. The molecule has 0 fully saturated rings. The minimum absolute atomic E-state index is 0.0233. The summed E-state index contributed by atoms with van der Waals surface area (Å²) < 4.78 is 65.5. The molecule has 3 N–H and O–H groups in total. The van der Waals surface area contributed by atoms with E-state index in [9.17, 15) is 31.2 Å². The predicted molar refractivity (Wildman–Crippen MR) is 118 cm³/mol. The highest BCUT2D eigenvalue weighted by Gasteiger charge is 2.30. The van der Waals surface area contributed by atoms with Gasteiger partial charge in [0.15, 0.2) is 5.16 Å². The van der Waals surface area contributed by atoms with Crippen molar-refractivity contribution in [3.05, 3.63) is 76.1 Å². The van der Waals surface area contributed by atoms with Gasteiger partial charge in [0.05, 0.1) is 16.2 Å². The molecule has 8 nitrogen and oxygen atoms in total. The van der Waals surface area contributed by atoms with E-state index < -0.39 is 33.2 Å². The van der Waals surface area contributed by atoms with Crippen LogP contribution in [0.2, 0.25) is 0 Å². The highest BCUT2D eigenvalue weighted by Crippen LogP contribution is 2.30. The molecule has 0 radical (unpaired) electrons. The zero-order valence-corrected chi connectivity index (χ0v) is 18.6. The summed E-state index contributed by atoms with van der Waals surface area (Å²) >= 11 is 0.774. The first-order valence-electron chi connectivity index (χ1n) is 9.23. The third kappa shape index (κ3) is 6.83. The number of nitrogens with one attached hydrogen (secondary N) is 3. The number of hydrogen-bond acceptors (Lipinski definition) is 6. The quantitative estimate of drug-likeness (QED) is 0.338. The number of aromatic amines is 1. The second-order valence-electron chi connectivity index (χ2n) is 6.77. The Morgan fingerprint density at radius 1 is 1.12 bits per heavy atom. The van der Waals surface area contributed by atoms with Crippen molar-refractivity contribution in [2.45, 2.75) is 23.2 Å². The molecule has 0 aliphatic heterocycles. The van der Waals surface area contributed by atoms with Crippen LogP contribution < -0.4 is 15.6 Å². The number of benzene rings is 2. The van der Waals surface area contributed by atoms with Gasteiger partial charge in [-0.3, -0.25) is 14.3 Å². The Hall–Kier alpha value is -3.32. The van der Waals surface area contributed by atoms with E-state index in [0.717, 1.165) is 41.6 Å². The van der Waals surface area contributed by atoms with E-state index >= 15 is 0 Å². The third-order valence-corrected chi connectivity index (χ3v) is 6.35. The van der Waals surface area contributed by atoms with Crippen LogP contribution in [0.25, 0.3) is 0 Å². The lowest BCUT2D eigenvalue weighted by Crippen LogP contribution is -2.18. The number of sulfonamides is 1. The molecule has 3 rings (SSSR count). The van der Waals surface area contributed by atoms with E-state index in [1.165, 1.54) is 18.2 Å². The van der Waals surface area contributed by atoms with Crippen molar-refractivity contribution in [1.29, 1.82) is 0 Å². The van der Waals surface area contributed by atoms with Crippen LogP contribution >= 0.6 is 11.8 Å². The number of amides is 1. The number of thioether (sulfide) groups is 1. The molecule has 0 aliphatic rings. The number of aryl methyl sites for hydroxylation is 1. The molecule has 0 bridgehead atoms. The second kappa shape index (κ2) is 9.67. The number of hydrogen-bond donors (Lipinski definition) is 3. The monoisotopic (exact) mass is 498 g/mol.